The van der Waals surface area contributed by atoms with Gasteiger partial charge in [-0.15, -0.1) is 16.4 Å². The summed E-state index contributed by atoms with van der Waals surface area (Å²) in [5.41, 5.74) is 1.21. The number of hydrogen-bond acceptors (Lipinski definition) is 7. The number of ether oxygens (including phenoxy) is 2. The first kappa shape index (κ1) is 18.6. The van der Waals surface area contributed by atoms with Crippen LogP contribution in [0.5, 0.6) is 11.5 Å². The number of rotatable bonds is 5. The molecule has 2 aromatic heterocycles. The molecular weight excluding hydrogens is 378 g/mol. The molecule has 4 rings (SSSR count). The fraction of sp³-hybridized carbons (Fsp3) is 0.400. The van der Waals surface area contributed by atoms with Crippen LogP contribution in [0.2, 0.25) is 0 Å². The Morgan fingerprint density at radius 3 is 2.89 bits per heavy atom. The van der Waals surface area contributed by atoms with Crippen molar-refractivity contribution in [1.82, 2.24) is 15.0 Å². The summed E-state index contributed by atoms with van der Waals surface area (Å²) in [5.74, 6) is 1.33. The van der Waals surface area contributed by atoms with Crippen LogP contribution in [0.25, 0.3) is 10.2 Å². The van der Waals surface area contributed by atoms with E-state index in [4.69, 9.17) is 9.47 Å². The molecule has 2 heterocycles. The molecule has 0 N–H and O–H groups in total. The molecule has 1 aliphatic rings. The summed E-state index contributed by atoms with van der Waals surface area (Å²) in [6, 6.07) is 4.95. The van der Waals surface area contributed by atoms with Crippen LogP contribution in [0.1, 0.15) is 34.1 Å². The van der Waals surface area contributed by atoms with Crippen LogP contribution in [0.4, 0.5) is 0 Å². The molecule has 0 aliphatic heterocycles. The molecule has 0 spiro atoms. The van der Waals surface area contributed by atoms with Crippen LogP contribution in [0.15, 0.2) is 23.0 Å². The van der Waals surface area contributed by atoms with Gasteiger partial charge in [0.25, 0.3) is 5.56 Å². The van der Waals surface area contributed by atoms with E-state index in [9.17, 15) is 9.59 Å². The van der Waals surface area contributed by atoms with Crippen molar-refractivity contribution in [2.75, 3.05) is 14.2 Å². The maximum atomic E-state index is 13.0. The van der Waals surface area contributed by atoms with Crippen molar-refractivity contribution >= 4 is 27.3 Å². The third-order valence-corrected chi connectivity index (χ3v) is 6.33. The summed E-state index contributed by atoms with van der Waals surface area (Å²) in [4.78, 5) is 27.7. The summed E-state index contributed by atoms with van der Waals surface area (Å²) in [6.07, 6.45) is 2.90. The molecule has 1 aliphatic carbocycles. The van der Waals surface area contributed by atoms with E-state index < -0.39 is 0 Å². The number of ketones is 1. The zero-order chi connectivity index (χ0) is 19.8. The minimum Gasteiger partial charge on any atom is -0.497 e. The van der Waals surface area contributed by atoms with E-state index in [1.165, 1.54) is 12.0 Å². The number of benzene rings is 1. The quantitative estimate of drug-likeness (QED) is 0.614. The van der Waals surface area contributed by atoms with E-state index in [1.807, 2.05) is 0 Å². The molecule has 0 fully saturated rings. The number of carbonyl (C=O) groups excluding carboxylic acids is 1. The van der Waals surface area contributed by atoms with Gasteiger partial charge in [0.15, 0.2) is 10.6 Å². The zero-order valence-electron chi connectivity index (χ0n) is 16.0. The molecular formula is C20H21N3O4S. The second-order valence-electron chi connectivity index (χ2n) is 7.07. The molecule has 7 nitrogen and oxygen atoms in total. The molecule has 0 radical (unpaired) electrons. The average Bonchev–Trinajstić information content (AvgIpc) is 3.07. The van der Waals surface area contributed by atoms with Crippen LogP contribution in [0, 0.1) is 5.92 Å². The largest absolute Gasteiger partial charge is 0.497 e. The number of Topliss-reactive ketones (excluding diaryl/α,β-unsaturated/α-hetero) is 1. The average molecular weight is 399 g/mol. The van der Waals surface area contributed by atoms with Gasteiger partial charge in [0.1, 0.15) is 18.0 Å². The third kappa shape index (κ3) is 3.17. The zero-order valence-corrected chi connectivity index (χ0v) is 16.8. The van der Waals surface area contributed by atoms with Gasteiger partial charge in [0.2, 0.25) is 0 Å². The van der Waals surface area contributed by atoms with Crippen molar-refractivity contribution in [3.8, 4) is 11.5 Å². The highest BCUT2D eigenvalue weighted by Gasteiger charge is 2.24. The number of carbonyl (C=O) groups is 1. The monoisotopic (exact) mass is 399 g/mol. The molecule has 0 saturated carbocycles. The Labute approximate surface area is 165 Å². The summed E-state index contributed by atoms with van der Waals surface area (Å²) in [6.45, 7) is 2.03. The van der Waals surface area contributed by atoms with E-state index in [1.54, 1.807) is 36.6 Å². The van der Waals surface area contributed by atoms with Crippen molar-refractivity contribution in [1.29, 1.82) is 0 Å². The summed E-state index contributed by atoms with van der Waals surface area (Å²) < 4.78 is 11.6. The molecule has 0 amide bonds. The number of thiophene rings is 1. The van der Waals surface area contributed by atoms with Crippen molar-refractivity contribution in [2.45, 2.75) is 32.7 Å². The molecule has 8 heteroatoms. The number of nitrogens with zero attached hydrogens (tertiary/aromatic N) is 3. The highest BCUT2D eigenvalue weighted by Crippen LogP contribution is 2.35. The lowest BCUT2D eigenvalue weighted by atomic mass is 9.89. The van der Waals surface area contributed by atoms with Crippen molar-refractivity contribution in [3.63, 3.8) is 0 Å². The van der Waals surface area contributed by atoms with E-state index in [0.717, 1.165) is 29.5 Å². The minimum absolute atomic E-state index is 0.189. The molecule has 3 aromatic rings. The number of aromatic nitrogens is 3. The lowest BCUT2D eigenvalue weighted by Crippen LogP contribution is -2.28. The Morgan fingerprint density at radius 2 is 2.14 bits per heavy atom. The normalized spacial score (nSPS) is 16.0. The second-order valence-corrected chi connectivity index (χ2v) is 8.16. The Hall–Kier alpha value is -2.74. The fourth-order valence-corrected chi connectivity index (χ4v) is 4.96. The lowest BCUT2D eigenvalue weighted by molar-refractivity contribution is 0.0961. The van der Waals surface area contributed by atoms with Gasteiger partial charge >= 0.3 is 0 Å². The Kier molecular flexibility index (Phi) is 4.89. The lowest BCUT2D eigenvalue weighted by Gasteiger charge is -2.17. The minimum atomic E-state index is -0.270. The van der Waals surface area contributed by atoms with Gasteiger partial charge < -0.3 is 9.47 Å². The van der Waals surface area contributed by atoms with E-state index >= 15 is 0 Å². The summed E-state index contributed by atoms with van der Waals surface area (Å²) in [7, 11) is 3.03. The number of methoxy groups -OCH3 is 2. The maximum absolute atomic E-state index is 13.0. The highest BCUT2D eigenvalue weighted by atomic mass is 32.1. The Morgan fingerprint density at radius 1 is 1.32 bits per heavy atom. The molecule has 0 bridgehead atoms. The van der Waals surface area contributed by atoms with Gasteiger partial charge in [-0.05, 0) is 42.9 Å². The number of fused-ring (bicyclic) bond motifs is 3. The van der Waals surface area contributed by atoms with Crippen molar-refractivity contribution in [3.05, 3.63) is 44.6 Å². The van der Waals surface area contributed by atoms with Gasteiger partial charge in [0, 0.05) is 10.9 Å². The van der Waals surface area contributed by atoms with E-state index in [0.29, 0.717) is 33.2 Å². The third-order valence-electron chi connectivity index (χ3n) is 5.19. The van der Waals surface area contributed by atoms with E-state index in [-0.39, 0.29) is 17.9 Å². The predicted octanol–water partition coefficient (Wildman–Crippen LogP) is 2.88. The van der Waals surface area contributed by atoms with Crippen LogP contribution < -0.4 is 15.0 Å². The Bertz CT molecular complexity index is 1120. The SMILES string of the molecule is COc1ccc(C(=O)Cn2nnc3sc4c(c3c2=O)CCC(C)C4)c(OC)c1. The van der Waals surface area contributed by atoms with Crippen molar-refractivity contribution < 1.29 is 14.3 Å². The number of hydrogen-bond donors (Lipinski definition) is 0. The molecule has 28 heavy (non-hydrogen) atoms. The highest BCUT2D eigenvalue weighted by molar-refractivity contribution is 7.18. The first-order chi connectivity index (χ1) is 13.5. The topological polar surface area (TPSA) is 83.3 Å². The van der Waals surface area contributed by atoms with Crippen LogP contribution in [0.3, 0.4) is 0 Å². The van der Waals surface area contributed by atoms with Gasteiger partial charge in [-0.25, -0.2) is 4.68 Å². The van der Waals surface area contributed by atoms with Crippen LogP contribution >= 0.6 is 11.3 Å². The first-order valence-electron chi connectivity index (χ1n) is 9.15. The summed E-state index contributed by atoms with van der Waals surface area (Å²) in [5, 5.41) is 8.84. The second kappa shape index (κ2) is 7.35. The fourth-order valence-electron chi connectivity index (χ4n) is 3.65. The predicted molar refractivity (Wildman–Crippen MR) is 107 cm³/mol. The van der Waals surface area contributed by atoms with Gasteiger partial charge in [-0.2, -0.15) is 0 Å². The molecule has 1 aromatic carbocycles. The van der Waals surface area contributed by atoms with Crippen molar-refractivity contribution in [2.24, 2.45) is 5.92 Å². The van der Waals surface area contributed by atoms with Gasteiger partial charge in [-0.1, -0.05) is 12.1 Å². The molecule has 146 valence electrons. The Balaban J connectivity index is 1.70. The molecule has 1 unspecified atom stereocenters. The van der Waals surface area contributed by atoms with Gasteiger partial charge in [-0.3, -0.25) is 9.59 Å². The summed E-state index contributed by atoms with van der Waals surface area (Å²) >= 11 is 1.55. The smallest absolute Gasteiger partial charge is 0.279 e. The number of aryl methyl sites for hydroxylation is 1. The van der Waals surface area contributed by atoms with E-state index in [2.05, 4.69) is 17.2 Å². The van der Waals surface area contributed by atoms with Crippen LogP contribution in [-0.2, 0) is 19.4 Å². The standard InChI is InChI=1S/C20H21N3O4S/c1-11-4-6-14-17(8-11)28-19-18(14)20(25)23(22-21-19)10-15(24)13-7-5-12(26-2)9-16(13)27-3/h5,7,9,11H,4,6,8,10H2,1-3H3. The van der Waals surface area contributed by atoms with Gasteiger partial charge in [0.05, 0.1) is 25.2 Å². The molecule has 1 atom stereocenters. The molecule has 0 saturated heterocycles. The van der Waals surface area contributed by atoms with Crippen LogP contribution in [-0.4, -0.2) is 35.0 Å². The first-order valence-corrected chi connectivity index (χ1v) is 9.96. The maximum Gasteiger partial charge on any atom is 0.279 e.